The first-order valence-corrected chi connectivity index (χ1v) is 8.04. The highest BCUT2D eigenvalue weighted by atomic mass is 79.9. The summed E-state index contributed by atoms with van der Waals surface area (Å²) in [4.78, 5) is 12.6. The summed E-state index contributed by atoms with van der Waals surface area (Å²) in [6.45, 7) is 4.29. The molecule has 2 aromatic rings. The number of thiophene rings is 1. The van der Waals surface area contributed by atoms with E-state index in [4.69, 9.17) is 0 Å². The molecule has 0 aliphatic rings. The van der Waals surface area contributed by atoms with Crippen LogP contribution in [0.25, 0.3) is 0 Å². The van der Waals surface area contributed by atoms with Gasteiger partial charge in [-0.1, -0.05) is 6.07 Å². The van der Waals surface area contributed by atoms with E-state index < -0.39 is 0 Å². The first-order chi connectivity index (χ1) is 10.0. The molecule has 1 amide bonds. The van der Waals surface area contributed by atoms with Crippen molar-refractivity contribution in [2.75, 3.05) is 11.9 Å². The van der Waals surface area contributed by atoms with Gasteiger partial charge >= 0.3 is 0 Å². The summed E-state index contributed by atoms with van der Waals surface area (Å²) in [7, 11) is 0. The molecule has 2 N–H and O–H groups in total. The monoisotopic (exact) mass is 365 g/mol. The van der Waals surface area contributed by atoms with E-state index in [1.54, 1.807) is 17.6 Å². The number of rotatable bonds is 5. The van der Waals surface area contributed by atoms with Gasteiger partial charge in [0, 0.05) is 10.6 Å². The number of nitrogens with one attached hydrogen (secondary N) is 2. The van der Waals surface area contributed by atoms with Crippen LogP contribution in [0.15, 0.2) is 39.2 Å². The van der Waals surface area contributed by atoms with Crippen LogP contribution in [0, 0.1) is 13.8 Å². The van der Waals surface area contributed by atoms with Crippen molar-refractivity contribution in [1.82, 2.24) is 5.43 Å². The third kappa shape index (κ3) is 4.99. The Morgan fingerprint density at radius 1 is 1.29 bits per heavy atom. The Morgan fingerprint density at radius 2 is 2.10 bits per heavy atom. The summed E-state index contributed by atoms with van der Waals surface area (Å²) >= 11 is 4.93. The van der Waals surface area contributed by atoms with E-state index in [0.717, 1.165) is 14.4 Å². The summed E-state index contributed by atoms with van der Waals surface area (Å²) in [6.07, 6.45) is 1.63. The molecular weight excluding hydrogens is 350 g/mol. The first-order valence-electron chi connectivity index (χ1n) is 6.43. The van der Waals surface area contributed by atoms with Crippen LogP contribution in [-0.4, -0.2) is 18.7 Å². The quantitative estimate of drug-likeness (QED) is 0.626. The van der Waals surface area contributed by atoms with Gasteiger partial charge in [0.15, 0.2) is 0 Å². The smallest absolute Gasteiger partial charge is 0.259 e. The molecule has 0 saturated carbocycles. The summed E-state index contributed by atoms with van der Waals surface area (Å²) < 4.78 is 1.03. The number of aryl methyl sites for hydroxylation is 2. The molecule has 4 nitrogen and oxygen atoms in total. The van der Waals surface area contributed by atoms with Gasteiger partial charge < -0.3 is 5.32 Å². The molecule has 1 heterocycles. The second-order valence-corrected chi connectivity index (χ2v) is 7.08. The second-order valence-electron chi connectivity index (χ2n) is 4.59. The van der Waals surface area contributed by atoms with Crippen LogP contribution in [0.4, 0.5) is 5.69 Å². The SMILES string of the molecule is Cc1ccc(NCC(=O)N/N=C\c2ccc(Br)s2)cc1C. The van der Waals surface area contributed by atoms with Gasteiger partial charge in [-0.25, -0.2) is 5.43 Å². The van der Waals surface area contributed by atoms with E-state index in [1.165, 1.54) is 11.1 Å². The lowest BCUT2D eigenvalue weighted by Gasteiger charge is -2.07. The van der Waals surface area contributed by atoms with Crippen LogP contribution >= 0.6 is 27.3 Å². The van der Waals surface area contributed by atoms with Crippen LogP contribution in [0.1, 0.15) is 16.0 Å². The fourth-order valence-electron chi connectivity index (χ4n) is 1.64. The van der Waals surface area contributed by atoms with E-state index in [-0.39, 0.29) is 12.5 Å². The Kier molecular flexibility index (Phi) is 5.52. The highest BCUT2D eigenvalue weighted by Crippen LogP contribution is 2.20. The summed E-state index contributed by atoms with van der Waals surface area (Å²) in [5.74, 6) is -0.180. The highest BCUT2D eigenvalue weighted by molar-refractivity contribution is 9.11. The summed E-state index contributed by atoms with van der Waals surface area (Å²) in [5, 5.41) is 7.00. The fraction of sp³-hybridized carbons (Fsp3) is 0.200. The minimum Gasteiger partial charge on any atom is -0.376 e. The number of carbonyl (C=O) groups is 1. The molecule has 0 spiro atoms. The van der Waals surface area contributed by atoms with Gasteiger partial charge in [0.05, 0.1) is 16.5 Å². The maximum Gasteiger partial charge on any atom is 0.259 e. The zero-order valence-corrected chi connectivity index (χ0v) is 14.2. The number of amides is 1. The van der Waals surface area contributed by atoms with Gasteiger partial charge in [0.2, 0.25) is 0 Å². The third-order valence-corrected chi connectivity index (χ3v) is 4.49. The van der Waals surface area contributed by atoms with E-state index in [2.05, 4.69) is 38.7 Å². The van der Waals surface area contributed by atoms with Gasteiger partial charge in [-0.15, -0.1) is 11.3 Å². The van der Waals surface area contributed by atoms with E-state index in [9.17, 15) is 4.79 Å². The van der Waals surface area contributed by atoms with Crippen LogP contribution in [0.3, 0.4) is 0 Å². The van der Waals surface area contributed by atoms with Crippen molar-refractivity contribution in [3.05, 3.63) is 50.1 Å². The lowest BCUT2D eigenvalue weighted by Crippen LogP contribution is -2.25. The first kappa shape index (κ1) is 15.7. The van der Waals surface area contributed by atoms with Gasteiger partial charge in [0.25, 0.3) is 5.91 Å². The van der Waals surface area contributed by atoms with Crippen LogP contribution in [0.5, 0.6) is 0 Å². The number of carbonyl (C=O) groups excluding carboxylic acids is 1. The van der Waals surface area contributed by atoms with Crippen LogP contribution in [-0.2, 0) is 4.79 Å². The number of hydrazone groups is 1. The minimum absolute atomic E-state index is 0.180. The molecule has 0 fully saturated rings. The maximum atomic E-state index is 11.7. The lowest BCUT2D eigenvalue weighted by atomic mass is 10.1. The van der Waals surface area contributed by atoms with Crippen molar-refractivity contribution in [1.29, 1.82) is 0 Å². The largest absolute Gasteiger partial charge is 0.376 e. The van der Waals surface area contributed by atoms with Gasteiger partial charge in [0.1, 0.15) is 0 Å². The fourth-order valence-corrected chi connectivity index (χ4v) is 2.93. The van der Waals surface area contributed by atoms with Crippen LogP contribution in [0.2, 0.25) is 0 Å². The van der Waals surface area contributed by atoms with E-state index in [0.29, 0.717) is 0 Å². The van der Waals surface area contributed by atoms with E-state index in [1.807, 2.05) is 37.3 Å². The second kappa shape index (κ2) is 7.38. The Balaban J connectivity index is 1.79. The molecule has 0 aliphatic carbocycles. The number of hydrogen-bond donors (Lipinski definition) is 2. The number of anilines is 1. The molecule has 21 heavy (non-hydrogen) atoms. The molecule has 1 aromatic carbocycles. The van der Waals surface area contributed by atoms with Crippen molar-refractivity contribution in [3.63, 3.8) is 0 Å². The standard InChI is InChI=1S/C15H16BrN3OS/c1-10-3-4-12(7-11(10)2)17-9-15(20)19-18-8-13-5-6-14(16)21-13/h3-8,17H,9H2,1-2H3,(H,19,20)/b18-8-. The Hall–Kier alpha value is -1.66. The van der Waals surface area contributed by atoms with Gasteiger partial charge in [-0.05, 0) is 65.2 Å². The van der Waals surface area contributed by atoms with Crippen molar-refractivity contribution in [2.45, 2.75) is 13.8 Å². The molecular formula is C15H16BrN3OS. The highest BCUT2D eigenvalue weighted by Gasteiger charge is 2.01. The molecule has 6 heteroatoms. The van der Waals surface area contributed by atoms with Crippen LogP contribution < -0.4 is 10.7 Å². The molecule has 1 aromatic heterocycles. The molecule has 110 valence electrons. The number of benzene rings is 1. The Labute approximate surface area is 136 Å². The number of hydrogen-bond acceptors (Lipinski definition) is 4. The number of nitrogens with zero attached hydrogens (tertiary/aromatic N) is 1. The normalized spacial score (nSPS) is 10.8. The summed E-state index contributed by atoms with van der Waals surface area (Å²) in [5.41, 5.74) is 5.86. The van der Waals surface area contributed by atoms with Gasteiger partial charge in [-0.2, -0.15) is 5.10 Å². The minimum atomic E-state index is -0.180. The zero-order valence-electron chi connectivity index (χ0n) is 11.8. The Morgan fingerprint density at radius 3 is 2.76 bits per heavy atom. The molecule has 0 bridgehead atoms. The molecule has 0 saturated heterocycles. The lowest BCUT2D eigenvalue weighted by molar-refractivity contribution is -0.119. The predicted molar refractivity (Wildman–Crippen MR) is 92.2 cm³/mol. The zero-order chi connectivity index (χ0) is 15.2. The van der Waals surface area contributed by atoms with Crippen molar-refractivity contribution >= 4 is 45.1 Å². The van der Waals surface area contributed by atoms with E-state index >= 15 is 0 Å². The third-order valence-electron chi connectivity index (χ3n) is 2.94. The average Bonchev–Trinajstić information content (AvgIpc) is 2.86. The van der Waals surface area contributed by atoms with Gasteiger partial charge in [-0.3, -0.25) is 4.79 Å². The topological polar surface area (TPSA) is 53.5 Å². The molecule has 0 atom stereocenters. The molecule has 0 radical (unpaired) electrons. The number of halogens is 1. The summed E-state index contributed by atoms with van der Waals surface area (Å²) in [6, 6.07) is 9.88. The predicted octanol–water partition coefficient (Wildman–Crippen LogP) is 3.69. The molecule has 2 rings (SSSR count). The average molecular weight is 366 g/mol. The van der Waals surface area contributed by atoms with Crippen molar-refractivity contribution in [2.24, 2.45) is 5.10 Å². The van der Waals surface area contributed by atoms with Crippen molar-refractivity contribution < 1.29 is 4.79 Å². The molecule has 0 unspecified atom stereocenters. The maximum absolute atomic E-state index is 11.7. The Bertz CT molecular complexity index is 667. The van der Waals surface area contributed by atoms with Crippen molar-refractivity contribution in [3.8, 4) is 0 Å². The molecule has 0 aliphatic heterocycles.